The minimum absolute atomic E-state index is 0.321. The van der Waals surface area contributed by atoms with Gasteiger partial charge >= 0.3 is 0 Å². The van der Waals surface area contributed by atoms with Crippen LogP contribution < -0.4 is 0 Å². The van der Waals surface area contributed by atoms with E-state index in [2.05, 4.69) is 25.7 Å². The van der Waals surface area contributed by atoms with Crippen molar-refractivity contribution in [2.45, 2.75) is 84.3 Å². The molecular formula is C19H37NO2. The van der Waals surface area contributed by atoms with E-state index in [-0.39, 0.29) is 6.10 Å². The van der Waals surface area contributed by atoms with Gasteiger partial charge in [0.1, 0.15) is 0 Å². The second kappa shape index (κ2) is 8.65. The summed E-state index contributed by atoms with van der Waals surface area (Å²) in [5.41, 5.74) is 0.428. The third kappa shape index (κ3) is 6.17. The fraction of sp³-hybridized carbons (Fsp3) is 1.00. The molecule has 0 aromatic rings. The van der Waals surface area contributed by atoms with E-state index in [9.17, 15) is 5.11 Å². The van der Waals surface area contributed by atoms with Gasteiger partial charge in [0.25, 0.3) is 0 Å². The number of ether oxygens (including phenoxy) is 1. The number of hydrogen-bond donors (Lipinski definition) is 1. The number of aliphatic hydroxyl groups is 1. The Morgan fingerprint density at radius 1 is 1.00 bits per heavy atom. The van der Waals surface area contributed by atoms with E-state index >= 15 is 0 Å². The fourth-order valence-electron chi connectivity index (χ4n) is 4.01. The van der Waals surface area contributed by atoms with Crippen LogP contribution in [0.15, 0.2) is 0 Å². The minimum Gasteiger partial charge on any atom is -0.389 e. The summed E-state index contributed by atoms with van der Waals surface area (Å²) < 4.78 is 6.00. The number of hydrogen-bond acceptors (Lipinski definition) is 3. The lowest BCUT2D eigenvalue weighted by atomic mass is 9.72. The Morgan fingerprint density at radius 2 is 1.59 bits per heavy atom. The molecule has 3 nitrogen and oxygen atoms in total. The zero-order chi connectivity index (χ0) is 16.0. The lowest BCUT2D eigenvalue weighted by Crippen LogP contribution is -2.37. The summed E-state index contributed by atoms with van der Waals surface area (Å²) >= 11 is 0. The lowest BCUT2D eigenvalue weighted by Gasteiger charge is -2.37. The van der Waals surface area contributed by atoms with Crippen molar-refractivity contribution < 1.29 is 9.84 Å². The molecule has 1 heterocycles. The molecule has 0 bridgehead atoms. The van der Waals surface area contributed by atoms with Crippen LogP contribution in [0.2, 0.25) is 0 Å². The predicted molar refractivity (Wildman–Crippen MR) is 92.1 cm³/mol. The van der Waals surface area contributed by atoms with Crippen LogP contribution in [-0.4, -0.2) is 48.5 Å². The molecule has 1 atom stereocenters. The Hall–Kier alpha value is -0.120. The van der Waals surface area contributed by atoms with Crippen LogP contribution >= 0.6 is 0 Å². The third-order valence-corrected chi connectivity index (χ3v) is 5.59. The fourth-order valence-corrected chi connectivity index (χ4v) is 4.01. The van der Waals surface area contributed by atoms with Gasteiger partial charge in [-0.05, 0) is 62.9 Å². The highest BCUT2D eigenvalue weighted by Gasteiger charge is 2.30. The molecule has 1 saturated heterocycles. The van der Waals surface area contributed by atoms with E-state index in [1.54, 1.807) is 0 Å². The van der Waals surface area contributed by atoms with Crippen molar-refractivity contribution >= 4 is 0 Å². The number of β-amino-alcohol motifs (C(OH)–C–C–N with tert-alkyl or cyclic N) is 1. The standard InChI is InChI=1S/C19H37NO2/c1-19(2,3)16-8-10-18(11-9-16)22-15-17(21)14-20-12-6-4-5-7-13-20/h16-18,21H,4-15H2,1-3H3. The van der Waals surface area contributed by atoms with Crippen molar-refractivity contribution in [3.63, 3.8) is 0 Å². The molecule has 1 aliphatic heterocycles. The Kier molecular flexibility index (Phi) is 7.17. The molecule has 2 aliphatic rings. The average molecular weight is 312 g/mol. The topological polar surface area (TPSA) is 32.7 Å². The van der Waals surface area contributed by atoms with Crippen LogP contribution in [-0.2, 0) is 4.74 Å². The van der Waals surface area contributed by atoms with Gasteiger partial charge in [0.05, 0.1) is 18.8 Å². The number of rotatable bonds is 5. The van der Waals surface area contributed by atoms with Gasteiger partial charge in [-0.15, -0.1) is 0 Å². The quantitative estimate of drug-likeness (QED) is 0.837. The van der Waals surface area contributed by atoms with Gasteiger partial charge in [0.15, 0.2) is 0 Å². The summed E-state index contributed by atoms with van der Waals surface area (Å²) in [4.78, 5) is 2.41. The van der Waals surface area contributed by atoms with Crippen molar-refractivity contribution in [3.8, 4) is 0 Å². The second-order valence-corrected chi connectivity index (χ2v) is 8.54. The van der Waals surface area contributed by atoms with Gasteiger partial charge in [-0.25, -0.2) is 0 Å². The first-order chi connectivity index (χ1) is 10.4. The van der Waals surface area contributed by atoms with E-state index in [1.165, 1.54) is 51.4 Å². The molecule has 0 radical (unpaired) electrons. The summed E-state index contributed by atoms with van der Waals surface area (Å²) in [6, 6.07) is 0. The SMILES string of the molecule is CC(C)(C)C1CCC(OCC(O)CN2CCCCCC2)CC1. The third-order valence-electron chi connectivity index (χ3n) is 5.59. The maximum absolute atomic E-state index is 10.2. The molecule has 0 aromatic heterocycles. The first-order valence-electron chi connectivity index (χ1n) is 9.47. The number of likely N-dealkylation sites (tertiary alicyclic amines) is 1. The van der Waals surface area contributed by atoms with Crippen molar-refractivity contribution in [3.05, 3.63) is 0 Å². The van der Waals surface area contributed by atoms with Crippen LogP contribution in [0, 0.1) is 11.3 Å². The summed E-state index contributed by atoms with van der Waals surface area (Å²) in [5.74, 6) is 0.828. The minimum atomic E-state index is -0.321. The Morgan fingerprint density at radius 3 is 2.14 bits per heavy atom. The maximum atomic E-state index is 10.2. The van der Waals surface area contributed by atoms with Gasteiger partial charge < -0.3 is 14.7 Å². The second-order valence-electron chi connectivity index (χ2n) is 8.54. The molecule has 0 aromatic carbocycles. The number of nitrogens with zero attached hydrogens (tertiary/aromatic N) is 1. The molecule has 1 unspecified atom stereocenters. The summed E-state index contributed by atoms with van der Waals surface area (Å²) in [7, 11) is 0. The zero-order valence-corrected chi connectivity index (χ0v) is 15.0. The van der Waals surface area contributed by atoms with Gasteiger partial charge in [-0.1, -0.05) is 33.6 Å². The highest BCUT2D eigenvalue weighted by atomic mass is 16.5. The molecule has 2 rings (SSSR count). The Bertz CT molecular complexity index is 297. The average Bonchev–Trinajstić information content (AvgIpc) is 2.73. The smallest absolute Gasteiger partial charge is 0.0900 e. The van der Waals surface area contributed by atoms with Crippen molar-refractivity contribution in [2.75, 3.05) is 26.2 Å². The van der Waals surface area contributed by atoms with Crippen LogP contribution in [0.25, 0.3) is 0 Å². The largest absolute Gasteiger partial charge is 0.389 e. The van der Waals surface area contributed by atoms with Gasteiger partial charge in [0.2, 0.25) is 0 Å². The van der Waals surface area contributed by atoms with E-state index < -0.39 is 0 Å². The maximum Gasteiger partial charge on any atom is 0.0900 e. The summed E-state index contributed by atoms with van der Waals surface area (Å²) in [6.07, 6.45) is 10.2. The Balaban J connectivity index is 1.61. The highest BCUT2D eigenvalue weighted by molar-refractivity contribution is 4.81. The number of aliphatic hydroxyl groups excluding tert-OH is 1. The van der Waals surface area contributed by atoms with E-state index in [0.29, 0.717) is 18.1 Å². The molecule has 0 amide bonds. The molecule has 2 fully saturated rings. The van der Waals surface area contributed by atoms with E-state index in [4.69, 9.17) is 4.74 Å². The monoisotopic (exact) mass is 311 g/mol. The van der Waals surface area contributed by atoms with Crippen molar-refractivity contribution in [2.24, 2.45) is 11.3 Å². The molecule has 1 saturated carbocycles. The molecule has 1 N–H and O–H groups in total. The van der Waals surface area contributed by atoms with Crippen LogP contribution in [0.5, 0.6) is 0 Å². The molecule has 130 valence electrons. The van der Waals surface area contributed by atoms with Gasteiger partial charge in [-0.3, -0.25) is 0 Å². The molecular weight excluding hydrogens is 274 g/mol. The van der Waals surface area contributed by atoms with Crippen LogP contribution in [0.3, 0.4) is 0 Å². The Labute approximate surface area is 137 Å². The van der Waals surface area contributed by atoms with Crippen LogP contribution in [0.1, 0.15) is 72.1 Å². The predicted octanol–water partition coefficient (Wildman–Crippen LogP) is 3.84. The van der Waals surface area contributed by atoms with Crippen molar-refractivity contribution in [1.29, 1.82) is 0 Å². The van der Waals surface area contributed by atoms with Gasteiger partial charge in [0, 0.05) is 6.54 Å². The molecule has 22 heavy (non-hydrogen) atoms. The summed E-state index contributed by atoms with van der Waals surface area (Å²) in [6.45, 7) is 10.7. The van der Waals surface area contributed by atoms with Crippen LogP contribution in [0.4, 0.5) is 0 Å². The zero-order valence-electron chi connectivity index (χ0n) is 15.0. The normalized spacial score (nSPS) is 30.0. The lowest BCUT2D eigenvalue weighted by molar-refractivity contribution is -0.0441. The van der Waals surface area contributed by atoms with Gasteiger partial charge in [-0.2, -0.15) is 0 Å². The molecule has 0 spiro atoms. The molecule has 3 heteroatoms. The first kappa shape index (κ1) is 18.2. The summed E-state index contributed by atoms with van der Waals surface area (Å²) in [5, 5.41) is 10.2. The van der Waals surface area contributed by atoms with E-state index in [0.717, 1.165) is 25.6 Å². The first-order valence-corrected chi connectivity index (χ1v) is 9.47. The highest BCUT2D eigenvalue weighted by Crippen LogP contribution is 2.38. The molecule has 1 aliphatic carbocycles. The van der Waals surface area contributed by atoms with Crippen molar-refractivity contribution in [1.82, 2.24) is 4.90 Å². The van der Waals surface area contributed by atoms with E-state index in [1.807, 2.05) is 0 Å².